The van der Waals surface area contributed by atoms with E-state index in [1.807, 2.05) is 36.2 Å². The van der Waals surface area contributed by atoms with E-state index in [0.717, 1.165) is 35.7 Å². The number of hydrogen-bond donors (Lipinski definition) is 1. The molecule has 4 heteroatoms. The van der Waals surface area contributed by atoms with E-state index in [4.69, 9.17) is 5.73 Å². The molecule has 104 valence electrons. The molecule has 0 aromatic heterocycles. The lowest BCUT2D eigenvalue weighted by Gasteiger charge is -2.31. The topological polar surface area (TPSA) is 46.3 Å². The maximum absolute atomic E-state index is 12.6. The number of halogens is 1. The van der Waals surface area contributed by atoms with E-state index >= 15 is 0 Å². The van der Waals surface area contributed by atoms with Crippen molar-refractivity contribution in [1.29, 1.82) is 0 Å². The molecule has 0 unspecified atom stereocenters. The molecular formula is C15H21BrN2O. The van der Waals surface area contributed by atoms with Gasteiger partial charge in [-0.25, -0.2) is 0 Å². The molecule has 1 aromatic carbocycles. The van der Waals surface area contributed by atoms with Crippen LogP contribution in [0.5, 0.6) is 0 Å². The van der Waals surface area contributed by atoms with Gasteiger partial charge in [0.2, 0.25) is 5.91 Å². The molecule has 0 aliphatic heterocycles. The molecule has 2 N–H and O–H groups in total. The first kappa shape index (κ1) is 14.5. The Hall–Kier alpha value is -0.870. The van der Waals surface area contributed by atoms with Crippen molar-refractivity contribution in [3.05, 3.63) is 34.3 Å². The van der Waals surface area contributed by atoms with Crippen LogP contribution < -0.4 is 5.73 Å². The second-order valence-corrected chi connectivity index (χ2v) is 6.39. The largest absolute Gasteiger partial charge is 0.341 e. The molecule has 0 bridgehead atoms. The van der Waals surface area contributed by atoms with Crippen LogP contribution in [0.25, 0.3) is 0 Å². The zero-order valence-electron chi connectivity index (χ0n) is 11.4. The van der Waals surface area contributed by atoms with Crippen molar-refractivity contribution in [3.8, 4) is 0 Å². The highest BCUT2D eigenvalue weighted by Gasteiger charge is 2.41. The first-order chi connectivity index (χ1) is 9.07. The molecule has 0 spiro atoms. The van der Waals surface area contributed by atoms with Crippen molar-refractivity contribution < 1.29 is 4.79 Å². The summed E-state index contributed by atoms with van der Waals surface area (Å²) in [6, 6.07) is 8.08. The SMILES string of the molecule is CN(Cc1ccc(Br)cc1)C(=O)C1(CN)CCCC1. The van der Waals surface area contributed by atoms with E-state index in [9.17, 15) is 4.79 Å². The van der Waals surface area contributed by atoms with Crippen molar-refractivity contribution in [2.75, 3.05) is 13.6 Å². The van der Waals surface area contributed by atoms with Gasteiger partial charge in [0.15, 0.2) is 0 Å². The summed E-state index contributed by atoms with van der Waals surface area (Å²) in [4.78, 5) is 14.4. The minimum atomic E-state index is -0.301. The molecule has 3 nitrogen and oxygen atoms in total. The van der Waals surface area contributed by atoms with Crippen molar-refractivity contribution >= 4 is 21.8 Å². The Balaban J connectivity index is 2.04. The Morgan fingerprint density at radius 2 is 1.89 bits per heavy atom. The smallest absolute Gasteiger partial charge is 0.230 e. The molecule has 2 rings (SSSR count). The highest BCUT2D eigenvalue weighted by molar-refractivity contribution is 9.10. The molecule has 1 aliphatic rings. The Morgan fingerprint density at radius 1 is 1.32 bits per heavy atom. The van der Waals surface area contributed by atoms with Crippen LogP contribution in [0.3, 0.4) is 0 Å². The molecule has 1 fully saturated rings. The number of carbonyl (C=O) groups is 1. The third-order valence-corrected chi connectivity index (χ3v) is 4.61. The van der Waals surface area contributed by atoms with Crippen LogP contribution in [0.15, 0.2) is 28.7 Å². The van der Waals surface area contributed by atoms with Gasteiger partial charge in [0, 0.05) is 24.6 Å². The summed E-state index contributed by atoms with van der Waals surface area (Å²) in [5, 5.41) is 0. The van der Waals surface area contributed by atoms with Gasteiger partial charge in [-0.3, -0.25) is 4.79 Å². The maximum atomic E-state index is 12.6. The zero-order valence-corrected chi connectivity index (χ0v) is 12.9. The van der Waals surface area contributed by atoms with Gasteiger partial charge < -0.3 is 10.6 Å². The normalized spacial score (nSPS) is 17.4. The molecule has 1 aromatic rings. The fourth-order valence-electron chi connectivity index (χ4n) is 2.90. The zero-order chi connectivity index (χ0) is 13.9. The molecule has 19 heavy (non-hydrogen) atoms. The Bertz CT molecular complexity index is 438. The van der Waals surface area contributed by atoms with Crippen LogP contribution in [0.1, 0.15) is 31.2 Å². The van der Waals surface area contributed by atoms with E-state index in [2.05, 4.69) is 15.9 Å². The number of carbonyl (C=O) groups excluding carboxylic acids is 1. The molecule has 0 radical (unpaired) electrons. The standard InChI is InChI=1S/C15H21BrN2O/c1-18(10-12-4-6-13(16)7-5-12)14(19)15(11-17)8-2-3-9-15/h4-7H,2-3,8-11,17H2,1H3. The lowest BCUT2D eigenvalue weighted by atomic mass is 9.84. The third-order valence-electron chi connectivity index (χ3n) is 4.08. The van der Waals surface area contributed by atoms with Gasteiger partial charge in [0.25, 0.3) is 0 Å². The second kappa shape index (κ2) is 6.06. The van der Waals surface area contributed by atoms with Crippen LogP contribution in [0.2, 0.25) is 0 Å². The van der Waals surface area contributed by atoms with Gasteiger partial charge >= 0.3 is 0 Å². The van der Waals surface area contributed by atoms with Crippen LogP contribution in [-0.2, 0) is 11.3 Å². The highest BCUT2D eigenvalue weighted by atomic mass is 79.9. The van der Waals surface area contributed by atoms with Crippen LogP contribution >= 0.6 is 15.9 Å². The van der Waals surface area contributed by atoms with Gasteiger partial charge in [0.05, 0.1) is 5.41 Å². The average molecular weight is 325 g/mol. The maximum Gasteiger partial charge on any atom is 0.230 e. The molecule has 0 saturated heterocycles. The predicted octanol–water partition coefficient (Wildman–Crippen LogP) is 2.93. The summed E-state index contributed by atoms with van der Waals surface area (Å²) in [7, 11) is 1.88. The van der Waals surface area contributed by atoms with Crippen LogP contribution in [0, 0.1) is 5.41 Å². The minimum absolute atomic E-state index is 0.204. The summed E-state index contributed by atoms with van der Waals surface area (Å²) in [6.07, 6.45) is 4.12. The molecule has 0 heterocycles. The quantitative estimate of drug-likeness (QED) is 0.925. The van der Waals surface area contributed by atoms with E-state index in [-0.39, 0.29) is 11.3 Å². The number of nitrogens with two attached hydrogens (primary N) is 1. The van der Waals surface area contributed by atoms with Gasteiger partial charge in [-0.2, -0.15) is 0 Å². The lowest BCUT2D eigenvalue weighted by Crippen LogP contribution is -2.44. The second-order valence-electron chi connectivity index (χ2n) is 5.48. The van der Waals surface area contributed by atoms with Gasteiger partial charge in [0.1, 0.15) is 0 Å². The van der Waals surface area contributed by atoms with E-state index in [1.165, 1.54) is 0 Å². The molecular weight excluding hydrogens is 304 g/mol. The molecule has 1 amide bonds. The summed E-state index contributed by atoms with van der Waals surface area (Å²) in [6.45, 7) is 1.12. The van der Waals surface area contributed by atoms with Crippen LogP contribution in [0.4, 0.5) is 0 Å². The van der Waals surface area contributed by atoms with Gasteiger partial charge in [-0.1, -0.05) is 40.9 Å². The summed E-state index contributed by atoms with van der Waals surface area (Å²) in [5.41, 5.74) is 6.71. The van der Waals surface area contributed by atoms with Crippen LogP contribution in [-0.4, -0.2) is 24.4 Å². The third kappa shape index (κ3) is 3.18. The minimum Gasteiger partial charge on any atom is -0.341 e. The summed E-state index contributed by atoms with van der Waals surface area (Å²) < 4.78 is 1.06. The Kier molecular flexibility index (Phi) is 4.63. The Morgan fingerprint density at radius 3 is 2.42 bits per heavy atom. The number of benzene rings is 1. The average Bonchev–Trinajstić information content (AvgIpc) is 2.90. The number of rotatable bonds is 4. The number of nitrogens with zero attached hydrogens (tertiary/aromatic N) is 1. The lowest BCUT2D eigenvalue weighted by molar-refractivity contribution is -0.140. The number of amides is 1. The van der Waals surface area contributed by atoms with E-state index in [1.54, 1.807) is 0 Å². The number of hydrogen-bond acceptors (Lipinski definition) is 2. The van der Waals surface area contributed by atoms with Gasteiger partial charge in [-0.15, -0.1) is 0 Å². The summed E-state index contributed by atoms with van der Waals surface area (Å²) in [5.74, 6) is 0.204. The molecule has 1 saturated carbocycles. The van der Waals surface area contributed by atoms with Crippen molar-refractivity contribution in [2.45, 2.75) is 32.2 Å². The van der Waals surface area contributed by atoms with Crippen molar-refractivity contribution in [2.24, 2.45) is 11.1 Å². The van der Waals surface area contributed by atoms with Crippen molar-refractivity contribution in [1.82, 2.24) is 4.90 Å². The monoisotopic (exact) mass is 324 g/mol. The fraction of sp³-hybridized carbons (Fsp3) is 0.533. The first-order valence-corrected chi connectivity index (χ1v) is 7.57. The highest BCUT2D eigenvalue weighted by Crippen LogP contribution is 2.38. The van der Waals surface area contributed by atoms with E-state index < -0.39 is 0 Å². The Labute approximate surface area is 123 Å². The fourth-order valence-corrected chi connectivity index (χ4v) is 3.16. The van der Waals surface area contributed by atoms with Crippen molar-refractivity contribution in [3.63, 3.8) is 0 Å². The van der Waals surface area contributed by atoms with E-state index in [0.29, 0.717) is 13.1 Å². The summed E-state index contributed by atoms with van der Waals surface area (Å²) >= 11 is 3.42. The molecule has 0 atom stereocenters. The molecule has 1 aliphatic carbocycles. The predicted molar refractivity (Wildman–Crippen MR) is 80.6 cm³/mol. The first-order valence-electron chi connectivity index (χ1n) is 6.77. The van der Waals surface area contributed by atoms with Gasteiger partial charge in [-0.05, 0) is 30.5 Å².